The molecule has 1 aromatic carbocycles. The highest BCUT2D eigenvalue weighted by Crippen LogP contribution is 2.25. The van der Waals surface area contributed by atoms with Gasteiger partial charge in [-0.15, -0.1) is 0 Å². The maximum Gasteiger partial charge on any atom is 0.318 e. The highest BCUT2D eigenvalue weighted by Gasteiger charge is 2.32. The van der Waals surface area contributed by atoms with Crippen molar-refractivity contribution in [2.45, 2.75) is 26.3 Å². The van der Waals surface area contributed by atoms with Gasteiger partial charge in [0.05, 0.1) is 12.0 Å². The number of nitrogens with zero attached hydrogens (tertiary/aromatic N) is 1. The minimum Gasteiger partial charge on any atom is -0.481 e. The van der Waals surface area contributed by atoms with Gasteiger partial charge in [-0.05, 0) is 31.4 Å². The van der Waals surface area contributed by atoms with Crippen LogP contribution in [0.3, 0.4) is 0 Å². The number of benzene rings is 1. The number of hydrogen-bond donors (Lipinski definition) is 2. The molecule has 128 valence electrons. The van der Waals surface area contributed by atoms with E-state index in [4.69, 9.17) is 4.42 Å². The summed E-state index contributed by atoms with van der Waals surface area (Å²) in [7, 11) is 0. The summed E-state index contributed by atoms with van der Waals surface area (Å²) in [6.45, 7) is 4.65. The molecule has 1 saturated heterocycles. The molecule has 2 aromatic rings. The van der Waals surface area contributed by atoms with Crippen LogP contribution < -0.4 is 5.32 Å². The Bertz CT molecular complexity index is 721. The lowest BCUT2D eigenvalue weighted by Gasteiger charge is -2.35. The Labute approximate surface area is 140 Å². The summed E-state index contributed by atoms with van der Waals surface area (Å²) in [5, 5.41) is 13.1. The molecule has 6 heteroatoms. The number of hydrogen-bond acceptors (Lipinski definition) is 3. The van der Waals surface area contributed by atoms with E-state index in [0.29, 0.717) is 18.7 Å². The van der Waals surface area contributed by atoms with Crippen molar-refractivity contribution in [3.63, 3.8) is 0 Å². The van der Waals surface area contributed by atoms with Crippen molar-refractivity contribution in [2.24, 2.45) is 11.8 Å². The van der Waals surface area contributed by atoms with Crippen molar-refractivity contribution < 1.29 is 19.1 Å². The van der Waals surface area contributed by atoms with E-state index in [2.05, 4.69) is 5.32 Å². The molecule has 0 bridgehead atoms. The third-order valence-electron chi connectivity index (χ3n) is 4.51. The first-order valence-electron chi connectivity index (χ1n) is 8.20. The number of aliphatic carboxylic acids is 1. The molecule has 2 N–H and O–H groups in total. The van der Waals surface area contributed by atoms with E-state index in [1.165, 1.54) is 0 Å². The zero-order valence-electron chi connectivity index (χ0n) is 13.9. The van der Waals surface area contributed by atoms with Crippen molar-refractivity contribution in [1.82, 2.24) is 10.2 Å². The van der Waals surface area contributed by atoms with Crippen LogP contribution in [-0.2, 0) is 4.79 Å². The first-order chi connectivity index (χ1) is 11.4. The highest BCUT2D eigenvalue weighted by atomic mass is 16.4. The molecular weight excluding hydrogens is 308 g/mol. The lowest BCUT2D eigenvalue weighted by molar-refractivity contribution is -0.143. The van der Waals surface area contributed by atoms with Crippen LogP contribution in [0.1, 0.15) is 32.1 Å². The van der Waals surface area contributed by atoms with E-state index >= 15 is 0 Å². The molecule has 1 aliphatic heterocycles. The van der Waals surface area contributed by atoms with Crippen LogP contribution in [0.4, 0.5) is 4.79 Å². The summed E-state index contributed by atoms with van der Waals surface area (Å²) < 4.78 is 5.77. The van der Waals surface area contributed by atoms with Crippen LogP contribution in [0.15, 0.2) is 34.7 Å². The largest absolute Gasteiger partial charge is 0.481 e. The molecule has 1 aromatic heterocycles. The second-order valence-corrected chi connectivity index (χ2v) is 6.64. The fourth-order valence-electron chi connectivity index (χ4n) is 3.26. The third kappa shape index (κ3) is 3.37. The van der Waals surface area contributed by atoms with E-state index in [1.54, 1.807) is 4.90 Å². The minimum absolute atomic E-state index is 0.173. The number of furan rings is 1. The number of carboxylic acids is 1. The fraction of sp³-hybridized carbons (Fsp3) is 0.444. The monoisotopic (exact) mass is 330 g/mol. The molecule has 0 spiro atoms. The van der Waals surface area contributed by atoms with Gasteiger partial charge >= 0.3 is 12.0 Å². The second-order valence-electron chi connectivity index (χ2n) is 6.64. The number of carboxylic acid groups (broad SMARTS) is 1. The number of fused-ring (bicyclic) bond motifs is 1. The maximum atomic E-state index is 12.5. The predicted octanol–water partition coefficient (Wildman–Crippen LogP) is 3.25. The number of para-hydroxylation sites is 1. The number of carbonyl (C=O) groups excluding carboxylic acids is 1. The molecule has 2 heterocycles. The normalized spacial score (nSPS) is 22.3. The van der Waals surface area contributed by atoms with Crippen LogP contribution in [0.5, 0.6) is 0 Å². The lowest BCUT2D eigenvalue weighted by atomic mass is 9.91. The Morgan fingerprint density at radius 3 is 2.79 bits per heavy atom. The van der Waals surface area contributed by atoms with E-state index in [9.17, 15) is 14.7 Å². The number of amides is 2. The fourth-order valence-corrected chi connectivity index (χ4v) is 3.26. The van der Waals surface area contributed by atoms with Crippen molar-refractivity contribution in [1.29, 1.82) is 0 Å². The molecule has 24 heavy (non-hydrogen) atoms. The van der Waals surface area contributed by atoms with Gasteiger partial charge in [0.2, 0.25) is 0 Å². The summed E-state index contributed by atoms with van der Waals surface area (Å²) in [6, 6.07) is 9.06. The topological polar surface area (TPSA) is 82.8 Å². The van der Waals surface area contributed by atoms with Gasteiger partial charge in [-0.3, -0.25) is 4.79 Å². The van der Waals surface area contributed by atoms with Gasteiger partial charge in [0.25, 0.3) is 0 Å². The van der Waals surface area contributed by atoms with Gasteiger partial charge in [0.15, 0.2) is 0 Å². The summed E-state index contributed by atoms with van der Waals surface area (Å²) in [5.74, 6) is -0.484. The van der Waals surface area contributed by atoms with Crippen LogP contribution in [0.2, 0.25) is 0 Å². The van der Waals surface area contributed by atoms with E-state index in [1.807, 2.05) is 44.2 Å². The summed E-state index contributed by atoms with van der Waals surface area (Å²) in [5.41, 5.74) is 0.783. The average molecular weight is 330 g/mol. The van der Waals surface area contributed by atoms with Crippen LogP contribution >= 0.6 is 0 Å². The number of carbonyl (C=O) groups is 2. The van der Waals surface area contributed by atoms with Gasteiger partial charge in [0, 0.05) is 18.5 Å². The number of urea groups is 1. The first-order valence-corrected chi connectivity index (χ1v) is 8.20. The molecule has 3 unspecified atom stereocenters. The van der Waals surface area contributed by atoms with Crippen LogP contribution in [-0.4, -0.2) is 35.1 Å². The van der Waals surface area contributed by atoms with Gasteiger partial charge < -0.3 is 19.7 Å². The van der Waals surface area contributed by atoms with Gasteiger partial charge in [-0.2, -0.15) is 0 Å². The Morgan fingerprint density at radius 2 is 2.08 bits per heavy atom. The van der Waals surface area contributed by atoms with E-state index in [0.717, 1.165) is 11.0 Å². The summed E-state index contributed by atoms with van der Waals surface area (Å²) in [6.07, 6.45) is 0.609. The van der Waals surface area contributed by atoms with Gasteiger partial charge in [0.1, 0.15) is 11.3 Å². The molecule has 2 amide bonds. The molecule has 1 fully saturated rings. The molecule has 3 rings (SSSR count). The molecule has 0 aliphatic carbocycles. The van der Waals surface area contributed by atoms with Crippen molar-refractivity contribution in [3.8, 4) is 0 Å². The van der Waals surface area contributed by atoms with Crippen LogP contribution in [0, 0.1) is 11.8 Å². The van der Waals surface area contributed by atoms with Gasteiger partial charge in [-0.1, -0.05) is 25.1 Å². The predicted molar refractivity (Wildman–Crippen MR) is 89.6 cm³/mol. The highest BCUT2D eigenvalue weighted by molar-refractivity contribution is 5.79. The zero-order chi connectivity index (χ0) is 17.3. The first kappa shape index (κ1) is 16.4. The molecule has 0 radical (unpaired) electrons. The third-order valence-corrected chi connectivity index (χ3v) is 4.51. The quantitative estimate of drug-likeness (QED) is 0.905. The molecule has 3 atom stereocenters. The number of likely N-dealkylation sites (tertiary alicyclic amines) is 1. The maximum absolute atomic E-state index is 12.5. The van der Waals surface area contributed by atoms with E-state index < -0.39 is 11.9 Å². The molecule has 6 nitrogen and oxygen atoms in total. The standard InChI is InChI=1S/C18H22N2O4/c1-11-7-14(17(21)22)10-20(9-11)18(23)19-12(2)16-8-13-5-3-4-6-15(13)24-16/h3-6,8,11-12,14H,7,9-10H2,1-2H3,(H,19,23)(H,21,22). The Hall–Kier alpha value is -2.50. The SMILES string of the molecule is CC1CC(C(=O)O)CN(C(=O)NC(C)c2cc3ccccc3o2)C1. The Balaban J connectivity index is 1.68. The van der Waals surface area contributed by atoms with Gasteiger partial charge in [-0.25, -0.2) is 4.79 Å². The van der Waals surface area contributed by atoms with Crippen LogP contribution in [0.25, 0.3) is 11.0 Å². The van der Waals surface area contributed by atoms with Crippen molar-refractivity contribution in [2.75, 3.05) is 13.1 Å². The summed E-state index contributed by atoms with van der Waals surface area (Å²) in [4.78, 5) is 25.3. The molecular formula is C18H22N2O4. The smallest absolute Gasteiger partial charge is 0.318 e. The average Bonchev–Trinajstić information content (AvgIpc) is 2.98. The lowest BCUT2D eigenvalue weighted by Crippen LogP contribution is -2.49. The minimum atomic E-state index is -0.843. The summed E-state index contributed by atoms with van der Waals surface area (Å²) >= 11 is 0. The molecule has 0 saturated carbocycles. The van der Waals surface area contributed by atoms with E-state index in [-0.39, 0.29) is 24.5 Å². The molecule has 1 aliphatic rings. The number of piperidine rings is 1. The number of rotatable bonds is 3. The van der Waals surface area contributed by atoms with Crippen molar-refractivity contribution in [3.05, 3.63) is 36.1 Å². The van der Waals surface area contributed by atoms with Crippen molar-refractivity contribution >= 4 is 23.0 Å². The number of nitrogens with one attached hydrogen (secondary N) is 1. The second kappa shape index (κ2) is 6.55. The Kier molecular flexibility index (Phi) is 4.46. The Morgan fingerprint density at radius 1 is 1.33 bits per heavy atom. The zero-order valence-corrected chi connectivity index (χ0v) is 13.9.